The molecule has 0 spiro atoms. The van der Waals surface area contributed by atoms with Crippen LogP contribution in [-0.2, 0) is 14.3 Å². The zero-order valence-electron chi connectivity index (χ0n) is 40.2. The summed E-state index contributed by atoms with van der Waals surface area (Å²) < 4.78 is 5.91. The van der Waals surface area contributed by atoms with E-state index in [-0.39, 0.29) is 24.9 Å². The van der Waals surface area contributed by atoms with Crippen LogP contribution in [-0.4, -0.2) is 46.9 Å². The number of unbranched alkanes of at least 4 members (excludes halogenated alkanes) is 22. The Morgan fingerprint density at radius 2 is 0.903 bits per heavy atom. The van der Waals surface area contributed by atoms with Crippen LogP contribution in [0.2, 0.25) is 0 Å². The average Bonchev–Trinajstić information content (AvgIpc) is 3.26. The van der Waals surface area contributed by atoms with Crippen molar-refractivity contribution in [1.82, 2.24) is 5.32 Å². The lowest BCUT2D eigenvalue weighted by molar-refractivity contribution is -0.151. The van der Waals surface area contributed by atoms with Crippen molar-refractivity contribution in [2.45, 2.75) is 238 Å². The van der Waals surface area contributed by atoms with Crippen LogP contribution in [0.3, 0.4) is 0 Å². The van der Waals surface area contributed by atoms with Crippen LogP contribution in [0.1, 0.15) is 220 Å². The van der Waals surface area contributed by atoms with Crippen LogP contribution in [0.25, 0.3) is 0 Å². The van der Waals surface area contributed by atoms with Crippen LogP contribution in [0.15, 0.2) is 97.2 Å². The molecule has 0 aromatic heterocycles. The molecule has 0 bridgehead atoms. The van der Waals surface area contributed by atoms with Gasteiger partial charge in [-0.2, -0.15) is 0 Å². The second-order valence-corrected chi connectivity index (χ2v) is 17.0. The number of hydrogen-bond acceptors (Lipinski definition) is 5. The highest BCUT2D eigenvalue weighted by Crippen LogP contribution is 2.17. The van der Waals surface area contributed by atoms with Crippen molar-refractivity contribution in [1.29, 1.82) is 0 Å². The molecule has 0 radical (unpaired) electrons. The third-order valence-corrected chi connectivity index (χ3v) is 11.1. The van der Waals surface area contributed by atoms with E-state index in [9.17, 15) is 19.8 Å². The van der Waals surface area contributed by atoms with E-state index in [4.69, 9.17) is 4.74 Å². The molecule has 0 aliphatic carbocycles. The predicted octanol–water partition coefficient (Wildman–Crippen LogP) is 15.3. The van der Waals surface area contributed by atoms with E-state index >= 15 is 0 Å². The SMILES string of the molecule is CC/C=C/C=C/C=C/CCCCCCCC(CC(=O)NC(CO)C(O)CCCCCCCCCCCCCC)OC(=O)CCCCCCC/C=C/C=C/C=C/C=C/C=C/CCC. The second kappa shape index (κ2) is 48.8. The highest BCUT2D eigenvalue weighted by Gasteiger charge is 2.24. The van der Waals surface area contributed by atoms with Gasteiger partial charge in [-0.1, -0.05) is 240 Å². The molecule has 0 saturated carbocycles. The molecule has 3 unspecified atom stereocenters. The molecule has 0 aromatic rings. The lowest BCUT2D eigenvalue weighted by Gasteiger charge is -2.24. The van der Waals surface area contributed by atoms with E-state index in [1.165, 1.54) is 64.2 Å². The summed E-state index contributed by atoms with van der Waals surface area (Å²) >= 11 is 0. The van der Waals surface area contributed by atoms with Gasteiger partial charge in [-0.3, -0.25) is 9.59 Å². The number of esters is 1. The number of carbonyl (C=O) groups is 2. The Morgan fingerprint density at radius 3 is 1.39 bits per heavy atom. The molecule has 0 saturated heterocycles. The minimum absolute atomic E-state index is 0.0477. The molecule has 0 rings (SSSR count). The van der Waals surface area contributed by atoms with E-state index in [1.807, 2.05) is 24.3 Å². The van der Waals surface area contributed by atoms with Gasteiger partial charge in [0.2, 0.25) is 5.91 Å². The smallest absolute Gasteiger partial charge is 0.306 e. The number of aliphatic hydroxyl groups is 2. The Bertz CT molecular complexity index is 1240. The normalized spacial score (nSPS) is 14.1. The molecule has 3 N–H and O–H groups in total. The van der Waals surface area contributed by atoms with Crippen LogP contribution in [0.4, 0.5) is 0 Å². The Balaban J connectivity index is 4.67. The zero-order valence-corrected chi connectivity index (χ0v) is 40.2. The molecule has 354 valence electrons. The Labute approximate surface area is 382 Å². The summed E-state index contributed by atoms with van der Waals surface area (Å²) in [6, 6.07) is -0.719. The molecular formula is C56H95NO5. The second-order valence-electron chi connectivity index (χ2n) is 17.0. The summed E-state index contributed by atoms with van der Waals surface area (Å²) in [6.45, 7) is 6.24. The molecule has 0 aliphatic heterocycles. The van der Waals surface area contributed by atoms with Crippen LogP contribution >= 0.6 is 0 Å². The zero-order chi connectivity index (χ0) is 45.2. The predicted molar refractivity (Wildman–Crippen MR) is 268 cm³/mol. The first-order valence-corrected chi connectivity index (χ1v) is 25.6. The summed E-state index contributed by atoms with van der Waals surface area (Å²) in [7, 11) is 0. The van der Waals surface area contributed by atoms with Crippen molar-refractivity contribution in [3.8, 4) is 0 Å². The number of allylic oxidation sites excluding steroid dienone is 16. The van der Waals surface area contributed by atoms with Crippen molar-refractivity contribution in [3.63, 3.8) is 0 Å². The molecule has 6 nitrogen and oxygen atoms in total. The van der Waals surface area contributed by atoms with Gasteiger partial charge in [0, 0.05) is 6.42 Å². The fourth-order valence-corrected chi connectivity index (χ4v) is 7.22. The number of aliphatic hydroxyl groups excluding tert-OH is 2. The molecule has 0 heterocycles. The monoisotopic (exact) mass is 862 g/mol. The average molecular weight is 862 g/mol. The number of nitrogens with one attached hydrogen (secondary N) is 1. The lowest BCUT2D eigenvalue weighted by Crippen LogP contribution is -2.46. The van der Waals surface area contributed by atoms with Gasteiger partial charge in [0.15, 0.2) is 0 Å². The molecule has 6 heteroatoms. The Hall–Kier alpha value is -3.22. The van der Waals surface area contributed by atoms with Crippen LogP contribution in [0.5, 0.6) is 0 Å². The summed E-state index contributed by atoms with van der Waals surface area (Å²) in [6.07, 6.45) is 64.5. The molecule has 62 heavy (non-hydrogen) atoms. The summed E-state index contributed by atoms with van der Waals surface area (Å²) in [4.78, 5) is 26.1. The van der Waals surface area contributed by atoms with Crippen LogP contribution in [0, 0.1) is 0 Å². The maximum atomic E-state index is 13.2. The molecule has 0 fully saturated rings. The number of hydrogen-bond donors (Lipinski definition) is 3. The van der Waals surface area contributed by atoms with Crippen molar-refractivity contribution in [2.75, 3.05) is 6.61 Å². The van der Waals surface area contributed by atoms with Gasteiger partial charge < -0.3 is 20.3 Å². The van der Waals surface area contributed by atoms with E-state index in [2.05, 4.69) is 99.0 Å². The van der Waals surface area contributed by atoms with Crippen molar-refractivity contribution < 1.29 is 24.5 Å². The first kappa shape index (κ1) is 58.8. The highest BCUT2D eigenvalue weighted by atomic mass is 16.5. The molecular weight excluding hydrogens is 767 g/mol. The fraction of sp³-hybridized carbons (Fsp3) is 0.679. The number of amides is 1. The quantitative estimate of drug-likeness (QED) is 0.0322. The van der Waals surface area contributed by atoms with E-state index in [0.29, 0.717) is 19.3 Å². The molecule has 3 atom stereocenters. The number of rotatable bonds is 44. The van der Waals surface area contributed by atoms with Crippen molar-refractivity contribution in [3.05, 3.63) is 97.2 Å². The standard InChI is InChI=1S/C56H95NO5/c1-4-7-10-13-16-19-22-25-26-27-28-29-31-34-37-40-43-46-49-56(61)62-52(47-44-41-38-35-32-30-23-20-17-14-11-8-5-2)50-55(60)57-53(51-58)54(59)48-45-42-39-36-33-24-21-18-15-12-9-6-3/h8,10-11,13-14,16-17,19-20,22-23,25-29,52-54,58-59H,4-7,9,12,15,18,21,24,30-51H2,1-3H3,(H,57,60)/b11-8+,13-10+,17-14+,19-16+,23-20+,25-22+,27-26+,29-28+. The minimum atomic E-state index is -0.803. The largest absolute Gasteiger partial charge is 0.462 e. The topological polar surface area (TPSA) is 95.9 Å². The first-order chi connectivity index (χ1) is 30.5. The van der Waals surface area contributed by atoms with E-state index < -0.39 is 18.2 Å². The number of carbonyl (C=O) groups excluding carboxylic acids is 2. The van der Waals surface area contributed by atoms with E-state index in [1.54, 1.807) is 0 Å². The summed E-state index contributed by atoms with van der Waals surface area (Å²) in [5, 5.41) is 23.7. The number of ether oxygens (including phenoxy) is 1. The maximum Gasteiger partial charge on any atom is 0.306 e. The van der Waals surface area contributed by atoms with Gasteiger partial charge in [-0.25, -0.2) is 0 Å². The van der Waals surface area contributed by atoms with Crippen molar-refractivity contribution in [2.24, 2.45) is 0 Å². The molecule has 0 aliphatic rings. The Kier molecular flexibility index (Phi) is 46.3. The van der Waals surface area contributed by atoms with Gasteiger partial charge in [0.05, 0.1) is 25.2 Å². The third-order valence-electron chi connectivity index (χ3n) is 11.1. The fourth-order valence-electron chi connectivity index (χ4n) is 7.22. The third kappa shape index (κ3) is 43.4. The lowest BCUT2D eigenvalue weighted by atomic mass is 10.0. The van der Waals surface area contributed by atoms with Crippen molar-refractivity contribution >= 4 is 11.9 Å². The summed E-state index contributed by atoms with van der Waals surface area (Å²) in [5.74, 6) is -0.530. The molecule has 1 amide bonds. The van der Waals surface area contributed by atoms with E-state index in [0.717, 1.165) is 109 Å². The van der Waals surface area contributed by atoms with Gasteiger partial charge in [-0.05, 0) is 64.2 Å². The maximum absolute atomic E-state index is 13.2. The first-order valence-electron chi connectivity index (χ1n) is 25.6. The van der Waals surface area contributed by atoms with Gasteiger partial charge in [-0.15, -0.1) is 0 Å². The molecule has 0 aromatic carbocycles. The van der Waals surface area contributed by atoms with Crippen LogP contribution < -0.4 is 5.32 Å². The highest BCUT2D eigenvalue weighted by molar-refractivity contribution is 5.77. The minimum Gasteiger partial charge on any atom is -0.462 e. The van der Waals surface area contributed by atoms with Gasteiger partial charge >= 0.3 is 5.97 Å². The Morgan fingerprint density at radius 1 is 0.484 bits per heavy atom. The van der Waals surface area contributed by atoms with Gasteiger partial charge in [0.1, 0.15) is 6.10 Å². The van der Waals surface area contributed by atoms with Gasteiger partial charge in [0.25, 0.3) is 0 Å². The summed E-state index contributed by atoms with van der Waals surface area (Å²) in [5.41, 5.74) is 0.